The smallest absolute Gasteiger partial charge is 0.326 e. The lowest BCUT2D eigenvalue weighted by Crippen LogP contribution is -2.39. The molecule has 2 heterocycles. The molecule has 1 N–H and O–H groups in total. The highest BCUT2D eigenvalue weighted by Gasteiger charge is 2.30. The summed E-state index contributed by atoms with van der Waals surface area (Å²) in [4.78, 5) is 14.4. The molecule has 0 radical (unpaired) electrons. The Morgan fingerprint density at radius 2 is 2.00 bits per heavy atom. The number of para-hydroxylation sites is 1. The van der Waals surface area contributed by atoms with Crippen LogP contribution in [0.2, 0.25) is 0 Å². The van der Waals surface area contributed by atoms with Gasteiger partial charge in [-0.1, -0.05) is 18.2 Å². The predicted octanol–water partition coefficient (Wildman–Crippen LogP) is 3.40. The minimum absolute atomic E-state index is 0.128. The van der Waals surface area contributed by atoms with Crippen molar-refractivity contribution >= 4 is 17.4 Å². The molecule has 112 valence electrons. The maximum atomic E-state index is 12.6. The standard InChI is InChI=1S/C17H16N2O3/c1-11-8-12-4-2-3-5-14(12)19(11)17(20)18-13-6-7-15-16(9-13)22-10-21-15/h2-7,9,11H,8,10H2,1H3,(H,18,20)/t11-/m0/s1. The number of amides is 2. The van der Waals surface area contributed by atoms with E-state index in [0.717, 1.165) is 12.1 Å². The lowest BCUT2D eigenvalue weighted by Gasteiger charge is -2.23. The molecule has 5 heteroatoms. The topological polar surface area (TPSA) is 50.8 Å². The third-order valence-corrected chi connectivity index (χ3v) is 4.05. The lowest BCUT2D eigenvalue weighted by molar-refractivity contribution is 0.174. The Morgan fingerprint density at radius 3 is 2.91 bits per heavy atom. The van der Waals surface area contributed by atoms with E-state index >= 15 is 0 Å². The minimum Gasteiger partial charge on any atom is -0.454 e. The van der Waals surface area contributed by atoms with Gasteiger partial charge in [-0.25, -0.2) is 4.79 Å². The third-order valence-electron chi connectivity index (χ3n) is 4.05. The number of anilines is 2. The van der Waals surface area contributed by atoms with E-state index in [9.17, 15) is 4.79 Å². The molecule has 0 saturated carbocycles. The first kappa shape index (κ1) is 13.0. The van der Waals surface area contributed by atoms with Gasteiger partial charge in [-0.05, 0) is 37.1 Å². The molecule has 2 aromatic rings. The maximum Gasteiger partial charge on any atom is 0.326 e. The molecule has 2 aliphatic rings. The Bertz CT molecular complexity index is 744. The fraction of sp³-hybridized carbons (Fsp3) is 0.235. The van der Waals surface area contributed by atoms with E-state index in [0.29, 0.717) is 17.2 Å². The molecule has 22 heavy (non-hydrogen) atoms. The highest BCUT2D eigenvalue weighted by Crippen LogP contribution is 2.35. The van der Waals surface area contributed by atoms with Crippen LogP contribution in [0.15, 0.2) is 42.5 Å². The van der Waals surface area contributed by atoms with Gasteiger partial charge in [0.05, 0.1) is 0 Å². The van der Waals surface area contributed by atoms with Crippen LogP contribution in [-0.4, -0.2) is 18.9 Å². The number of hydrogen-bond donors (Lipinski definition) is 1. The lowest BCUT2D eigenvalue weighted by atomic mass is 10.1. The van der Waals surface area contributed by atoms with Crippen molar-refractivity contribution in [3.8, 4) is 11.5 Å². The molecule has 0 spiro atoms. The Labute approximate surface area is 128 Å². The molecule has 2 aliphatic heterocycles. The second-order valence-corrected chi connectivity index (χ2v) is 5.55. The zero-order valence-electron chi connectivity index (χ0n) is 12.2. The molecule has 4 rings (SSSR count). The Balaban J connectivity index is 1.58. The van der Waals surface area contributed by atoms with Gasteiger partial charge in [0.25, 0.3) is 0 Å². The van der Waals surface area contributed by atoms with Crippen molar-refractivity contribution in [2.75, 3.05) is 17.0 Å². The Morgan fingerprint density at radius 1 is 1.18 bits per heavy atom. The molecule has 0 bridgehead atoms. The van der Waals surface area contributed by atoms with Crippen LogP contribution in [0.3, 0.4) is 0 Å². The molecule has 0 aromatic heterocycles. The van der Waals surface area contributed by atoms with E-state index in [2.05, 4.69) is 18.3 Å². The monoisotopic (exact) mass is 296 g/mol. The molecule has 2 amide bonds. The van der Waals surface area contributed by atoms with Crippen LogP contribution in [0.5, 0.6) is 11.5 Å². The van der Waals surface area contributed by atoms with E-state index < -0.39 is 0 Å². The molecular formula is C17H16N2O3. The number of nitrogens with zero attached hydrogens (tertiary/aromatic N) is 1. The van der Waals surface area contributed by atoms with Gasteiger partial charge in [0.15, 0.2) is 11.5 Å². The third kappa shape index (κ3) is 2.06. The van der Waals surface area contributed by atoms with Crippen LogP contribution in [0.1, 0.15) is 12.5 Å². The number of hydrogen-bond acceptors (Lipinski definition) is 3. The zero-order chi connectivity index (χ0) is 15.1. The van der Waals surface area contributed by atoms with Gasteiger partial charge in [0, 0.05) is 23.5 Å². The molecule has 1 atom stereocenters. The van der Waals surface area contributed by atoms with E-state index in [-0.39, 0.29) is 18.9 Å². The number of benzene rings is 2. The maximum absolute atomic E-state index is 12.6. The van der Waals surface area contributed by atoms with Crippen molar-refractivity contribution in [3.63, 3.8) is 0 Å². The van der Waals surface area contributed by atoms with Gasteiger partial charge in [-0.3, -0.25) is 4.90 Å². The summed E-state index contributed by atoms with van der Waals surface area (Å²) in [5.74, 6) is 1.37. The predicted molar refractivity (Wildman–Crippen MR) is 83.7 cm³/mol. The average molecular weight is 296 g/mol. The van der Waals surface area contributed by atoms with Crippen LogP contribution in [-0.2, 0) is 6.42 Å². The van der Waals surface area contributed by atoms with Crippen molar-refractivity contribution in [2.24, 2.45) is 0 Å². The first-order chi connectivity index (χ1) is 10.7. The molecule has 0 unspecified atom stereocenters. The zero-order valence-corrected chi connectivity index (χ0v) is 12.2. The van der Waals surface area contributed by atoms with Gasteiger partial charge in [0.1, 0.15) is 0 Å². The van der Waals surface area contributed by atoms with Crippen molar-refractivity contribution in [1.29, 1.82) is 0 Å². The molecule has 0 saturated heterocycles. The summed E-state index contributed by atoms with van der Waals surface area (Å²) < 4.78 is 10.6. The number of carbonyl (C=O) groups is 1. The first-order valence-electron chi connectivity index (χ1n) is 7.30. The van der Waals surface area contributed by atoms with Gasteiger partial charge < -0.3 is 14.8 Å². The highest BCUT2D eigenvalue weighted by molar-refractivity contribution is 6.03. The molecule has 0 aliphatic carbocycles. The molecule has 5 nitrogen and oxygen atoms in total. The van der Waals surface area contributed by atoms with Crippen molar-refractivity contribution in [2.45, 2.75) is 19.4 Å². The minimum atomic E-state index is -0.128. The Kier molecular flexibility index (Phi) is 2.92. The number of nitrogens with one attached hydrogen (secondary N) is 1. The van der Waals surface area contributed by atoms with Gasteiger partial charge in [-0.2, -0.15) is 0 Å². The summed E-state index contributed by atoms with van der Waals surface area (Å²) in [6, 6.07) is 13.4. The number of fused-ring (bicyclic) bond motifs is 2. The quantitative estimate of drug-likeness (QED) is 0.877. The average Bonchev–Trinajstić information content (AvgIpc) is 3.09. The van der Waals surface area contributed by atoms with E-state index in [1.165, 1.54) is 5.56 Å². The van der Waals surface area contributed by atoms with Crippen molar-refractivity contribution in [3.05, 3.63) is 48.0 Å². The molecule has 2 aromatic carbocycles. The summed E-state index contributed by atoms with van der Waals surface area (Å²) in [6.45, 7) is 2.28. The van der Waals surface area contributed by atoms with Crippen LogP contribution < -0.4 is 19.7 Å². The van der Waals surface area contributed by atoms with Crippen molar-refractivity contribution < 1.29 is 14.3 Å². The second-order valence-electron chi connectivity index (χ2n) is 5.55. The molecule has 0 fully saturated rings. The molecular weight excluding hydrogens is 280 g/mol. The summed E-state index contributed by atoms with van der Waals surface area (Å²) >= 11 is 0. The van der Waals surface area contributed by atoms with Gasteiger partial charge >= 0.3 is 6.03 Å². The number of carbonyl (C=O) groups excluding carboxylic acids is 1. The SMILES string of the molecule is C[C@H]1Cc2ccccc2N1C(=O)Nc1ccc2c(c1)OCO2. The normalized spacial score (nSPS) is 18.2. The second kappa shape index (κ2) is 4.94. The first-order valence-corrected chi connectivity index (χ1v) is 7.30. The Hall–Kier alpha value is -2.69. The van der Waals surface area contributed by atoms with E-state index in [1.54, 1.807) is 17.0 Å². The largest absolute Gasteiger partial charge is 0.454 e. The van der Waals surface area contributed by atoms with Crippen LogP contribution in [0.25, 0.3) is 0 Å². The van der Waals surface area contributed by atoms with Gasteiger partial charge in [-0.15, -0.1) is 0 Å². The van der Waals surface area contributed by atoms with Gasteiger partial charge in [0.2, 0.25) is 6.79 Å². The summed E-state index contributed by atoms with van der Waals surface area (Å²) in [5, 5.41) is 2.94. The fourth-order valence-corrected chi connectivity index (χ4v) is 3.03. The van der Waals surface area contributed by atoms with Crippen LogP contribution >= 0.6 is 0 Å². The van der Waals surface area contributed by atoms with Crippen LogP contribution in [0.4, 0.5) is 16.2 Å². The fourth-order valence-electron chi connectivity index (χ4n) is 3.03. The number of urea groups is 1. The highest BCUT2D eigenvalue weighted by atomic mass is 16.7. The summed E-state index contributed by atoms with van der Waals surface area (Å²) in [5.41, 5.74) is 2.88. The van der Waals surface area contributed by atoms with E-state index in [4.69, 9.17) is 9.47 Å². The van der Waals surface area contributed by atoms with Crippen molar-refractivity contribution in [1.82, 2.24) is 0 Å². The number of rotatable bonds is 1. The van der Waals surface area contributed by atoms with E-state index in [1.807, 2.05) is 24.3 Å². The summed E-state index contributed by atoms with van der Waals surface area (Å²) in [7, 11) is 0. The number of ether oxygens (including phenoxy) is 2. The summed E-state index contributed by atoms with van der Waals surface area (Å²) in [6.07, 6.45) is 0.880. The van der Waals surface area contributed by atoms with Crippen LogP contribution in [0, 0.1) is 0 Å².